The predicted octanol–water partition coefficient (Wildman–Crippen LogP) is 5.11. The van der Waals surface area contributed by atoms with Crippen LogP contribution in [0.4, 0.5) is 5.69 Å². The number of rotatable bonds is 6. The summed E-state index contributed by atoms with van der Waals surface area (Å²) in [5, 5.41) is 0. The number of Topliss-reactive ketones (excluding diaryl/α,β-unsaturated/α-hetero) is 1. The third kappa shape index (κ3) is 5.19. The number of ketones is 1. The Morgan fingerprint density at radius 2 is 1.85 bits per heavy atom. The summed E-state index contributed by atoms with van der Waals surface area (Å²) in [7, 11) is 1.66. The molecule has 2 aromatic rings. The molecule has 1 aliphatic heterocycles. The van der Waals surface area contributed by atoms with Crippen LogP contribution in [0.25, 0.3) is 0 Å². The van der Waals surface area contributed by atoms with Crippen LogP contribution in [-0.2, 0) is 6.42 Å². The van der Waals surface area contributed by atoms with Crippen molar-refractivity contribution in [2.45, 2.75) is 32.6 Å². The Bertz CT molecular complexity index is 787. The van der Waals surface area contributed by atoms with Gasteiger partial charge in [-0.3, -0.25) is 9.79 Å². The van der Waals surface area contributed by atoms with Gasteiger partial charge >= 0.3 is 0 Å². The molecule has 1 heterocycles. The molecule has 27 heavy (non-hydrogen) atoms. The Morgan fingerprint density at radius 1 is 1.11 bits per heavy atom. The molecule has 1 aliphatic rings. The summed E-state index contributed by atoms with van der Waals surface area (Å²) in [5.41, 5.74) is 2.87. The summed E-state index contributed by atoms with van der Waals surface area (Å²) in [6.07, 6.45) is 4.07. The molecule has 0 fully saturated rings. The summed E-state index contributed by atoms with van der Waals surface area (Å²) in [6, 6.07) is 15.7. The Labute approximate surface area is 172 Å². The van der Waals surface area contributed by atoms with Gasteiger partial charge in [0.05, 0.1) is 19.3 Å². The van der Waals surface area contributed by atoms with Crippen LogP contribution in [0.1, 0.15) is 42.1 Å². The molecule has 2 aromatic carbocycles. The summed E-state index contributed by atoms with van der Waals surface area (Å²) < 4.78 is 5.53. The van der Waals surface area contributed by atoms with Crippen LogP contribution < -0.4 is 9.64 Å². The lowest BCUT2D eigenvalue weighted by molar-refractivity contribution is 0.100. The van der Waals surface area contributed by atoms with E-state index in [4.69, 9.17) is 9.73 Å². The highest BCUT2D eigenvalue weighted by Gasteiger charge is 2.22. The zero-order chi connectivity index (χ0) is 18.4. The molecule has 0 aromatic heterocycles. The highest BCUT2D eigenvalue weighted by molar-refractivity contribution is 8.93. The zero-order valence-electron chi connectivity index (χ0n) is 16.0. The predicted molar refractivity (Wildman–Crippen MR) is 117 cm³/mol. The van der Waals surface area contributed by atoms with E-state index in [0.717, 1.165) is 55.1 Å². The van der Waals surface area contributed by atoms with Gasteiger partial charge in [-0.2, -0.15) is 0 Å². The topological polar surface area (TPSA) is 41.9 Å². The minimum atomic E-state index is 0. The zero-order valence-corrected chi connectivity index (χ0v) is 17.7. The van der Waals surface area contributed by atoms with Crippen molar-refractivity contribution in [3.8, 4) is 5.75 Å². The normalized spacial score (nSPS) is 13.3. The fraction of sp³-hybridized carbons (Fsp3) is 0.364. The number of halogens is 1. The number of amidine groups is 1. The summed E-state index contributed by atoms with van der Waals surface area (Å²) in [6.45, 7) is 3.20. The van der Waals surface area contributed by atoms with Gasteiger partial charge in [-0.25, -0.2) is 0 Å². The van der Waals surface area contributed by atoms with E-state index < -0.39 is 0 Å². The molecule has 5 heteroatoms. The van der Waals surface area contributed by atoms with Gasteiger partial charge in [0.15, 0.2) is 5.78 Å². The lowest BCUT2D eigenvalue weighted by Crippen LogP contribution is -2.37. The molecule has 0 unspecified atom stereocenters. The van der Waals surface area contributed by atoms with E-state index in [9.17, 15) is 4.79 Å². The van der Waals surface area contributed by atoms with Gasteiger partial charge in [0, 0.05) is 18.5 Å². The highest BCUT2D eigenvalue weighted by Crippen LogP contribution is 2.30. The molecule has 0 N–H and O–H groups in total. The van der Waals surface area contributed by atoms with Crippen LogP contribution in [0.2, 0.25) is 0 Å². The Morgan fingerprint density at radius 3 is 2.48 bits per heavy atom. The van der Waals surface area contributed by atoms with E-state index in [1.54, 1.807) is 7.11 Å². The van der Waals surface area contributed by atoms with E-state index in [1.165, 1.54) is 5.56 Å². The average molecular weight is 431 g/mol. The summed E-state index contributed by atoms with van der Waals surface area (Å²) in [5.74, 6) is 1.82. The monoisotopic (exact) mass is 430 g/mol. The molecular formula is C22H27BrN2O2. The number of aliphatic imine (C=N–C) groups is 1. The summed E-state index contributed by atoms with van der Waals surface area (Å²) in [4.78, 5) is 19.6. The second kappa shape index (κ2) is 10.3. The van der Waals surface area contributed by atoms with Crippen LogP contribution in [0.5, 0.6) is 5.75 Å². The van der Waals surface area contributed by atoms with Gasteiger partial charge in [-0.15, -0.1) is 17.0 Å². The molecular weight excluding hydrogens is 404 g/mol. The maximum Gasteiger partial charge on any atom is 0.182 e. The number of hydrogen-bond acceptors (Lipinski definition) is 4. The van der Waals surface area contributed by atoms with Gasteiger partial charge in [-0.05, 0) is 37.0 Å². The third-order valence-corrected chi connectivity index (χ3v) is 4.78. The second-order valence-electron chi connectivity index (χ2n) is 6.49. The van der Waals surface area contributed by atoms with E-state index in [-0.39, 0.29) is 29.3 Å². The standard InChI is InChI=1S/C22H26N2O2.BrH/c1-3-17-11-13-18(14-12-17)20(25)16-24(22-10-6-7-15-23-22)19-8-4-5-9-21(19)26-2;/h4-5,8-9,11-14H,3,6-7,10,15-16H2,1-2H3;1H. The second-order valence-corrected chi connectivity index (χ2v) is 6.49. The summed E-state index contributed by atoms with van der Waals surface area (Å²) >= 11 is 0. The number of carbonyl (C=O) groups is 1. The van der Waals surface area contributed by atoms with Crippen molar-refractivity contribution in [1.82, 2.24) is 0 Å². The van der Waals surface area contributed by atoms with E-state index in [2.05, 4.69) is 6.92 Å². The van der Waals surface area contributed by atoms with Crippen molar-refractivity contribution >= 4 is 34.3 Å². The number of benzene rings is 2. The first-order valence-corrected chi connectivity index (χ1v) is 9.29. The van der Waals surface area contributed by atoms with E-state index in [1.807, 2.05) is 53.4 Å². The molecule has 0 aliphatic carbocycles. The van der Waals surface area contributed by atoms with Crippen LogP contribution in [0.3, 0.4) is 0 Å². The van der Waals surface area contributed by atoms with Gasteiger partial charge in [0.25, 0.3) is 0 Å². The molecule has 0 bridgehead atoms. The third-order valence-electron chi connectivity index (χ3n) is 4.78. The fourth-order valence-corrected chi connectivity index (χ4v) is 3.23. The van der Waals surface area contributed by atoms with Gasteiger partial charge in [0.1, 0.15) is 11.6 Å². The largest absolute Gasteiger partial charge is 0.495 e. The molecule has 0 spiro atoms. The molecule has 4 nitrogen and oxygen atoms in total. The highest BCUT2D eigenvalue weighted by atomic mass is 79.9. The molecule has 144 valence electrons. The number of methoxy groups -OCH3 is 1. The van der Waals surface area contributed by atoms with Crippen molar-refractivity contribution in [1.29, 1.82) is 0 Å². The van der Waals surface area contributed by atoms with Crippen LogP contribution in [-0.4, -0.2) is 31.8 Å². The molecule has 3 rings (SSSR count). The molecule has 0 amide bonds. The minimum Gasteiger partial charge on any atom is -0.495 e. The van der Waals surface area contributed by atoms with Crippen LogP contribution in [0, 0.1) is 0 Å². The molecule has 0 atom stereocenters. The quantitative estimate of drug-likeness (QED) is 0.597. The Hall–Kier alpha value is -2.14. The number of carbonyl (C=O) groups excluding carboxylic acids is 1. The maximum absolute atomic E-state index is 12.9. The maximum atomic E-state index is 12.9. The number of para-hydroxylation sites is 2. The van der Waals surface area contributed by atoms with Gasteiger partial charge in [-0.1, -0.05) is 43.3 Å². The van der Waals surface area contributed by atoms with Crippen molar-refractivity contribution in [3.63, 3.8) is 0 Å². The minimum absolute atomic E-state index is 0. The lowest BCUT2D eigenvalue weighted by Gasteiger charge is -2.29. The number of hydrogen-bond donors (Lipinski definition) is 0. The van der Waals surface area contributed by atoms with Crippen LogP contribution >= 0.6 is 17.0 Å². The number of nitrogens with zero attached hydrogens (tertiary/aromatic N) is 2. The Kier molecular flexibility index (Phi) is 8.04. The first-order chi connectivity index (χ1) is 12.7. The smallest absolute Gasteiger partial charge is 0.182 e. The van der Waals surface area contributed by atoms with Crippen molar-refractivity contribution in [2.24, 2.45) is 4.99 Å². The number of anilines is 1. The first kappa shape index (κ1) is 21.2. The average Bonchev–Trinajstić information content (AvgIpc) is 2.72. The van der Waals surface area contributed by atoms with Crippen molar-refractivity contribution < 1.29 is 9.53 Å². The van der Waals surface area contributed by atoms with Gasteiger partial charge < -0.3 is 9.64 Å². The van der Waals surface area contributed by atoms with E-state index in [0.29, 0.717) is 0 Å². The van der Waals surface area contributed by atoms with Gasteiger partial charge in [0.2, 0.25) is 0 Å². The molecule has 0 saturated carbocycles. The lowest BCUT2D eigenvalue weighted by atomic mass is 10.1. The van der Waals surface area contributed by atoms with Crippen LogP contribution in [0.15, 0.2) is 53.5 Å². The molecule has 0 radical (unpaired) electrons. The first-order valence-electron chi connectivity index (χ1n) is 9.29. The van der Waals surface area contributed by atoms with Crippen molar-refractivity contribution in [3.05, 3.63) is 59.7 Å². The number of aryl methyl sites for hydroxylation is 1. The SMILES string of the molecule is Br.CCc1ccc(C(=O)CN(C2=NCCCC2)c2ccccc2OC)cc1. The number of ether oxygens (including phenoxy) is 1. The Balaban J connectivity index is 0.00000261. The molecule has 0 saturated heterocycles. The van der Waals surface area contributed by atoms with E-state index >= 15 is 0 Å². The fourth-order valence-electron chi connectivity index (χ4n) is 3.23. The van der Waals surface area contributed by atoms with Crippen molar-refractivity contribution in [2.75, 3.05) is 25.1 Å².